The number of rotatable bonds is 5. The molecule has 0 saturated heterocycles. The smallest absolute Gasteiger partial charge is 0.0766 e. The number of nitrogens with one attached hydrogen (secondary N) is 1. The van der Waals surface area contributed by atoms with E-state index in [0.717, 1.165) is 43.7 Å². The maximum absolute atomic E-state index is 9.50. The molecule has 2 atom stereocenters. The predicted octanol–water partition coefficient (Wildman–Crippen LogP) is 2.12. The van der Waals surface area contributed by atoms with Crippen LogP contribution in [0.25, 0.3) is 5.69 Å². The predicted molar refractivity (Wildman–Crippen MR) is 78.6 cm³/mol. The van der Waals surface area contributed by atoms with Crippen LogP contribution in [0.15, 0.2) is 42.6 Å². The second-order valence-electron chi connectivity index (χ2n) is 5.55. The summed E-state index contributed by atoms with van der Waals surface area (Å²) < 4.78 is 1.90. The first-order chi connectivity index (χ1) is 9.81. The van der Waals surface area contributed by atoms with E-state index in [0.29, 0.717) is 5.92 Å². The maximum Gasteiger partial charge on any atom is 0.0766 e. The monoisotopic (exact) mass is 271 g/mol. The molecule has 0 radical (unpaired) electrons. The Morgan fingerprint density at radius 2 is 2.05 bits per heavy atom. The molecular formula is C16H21N3O. The highest BCUT2D eigenvalue weighted by Crippen LogP contribution is 2.24. The van der Waals surface area contributed by atoms with E-state index in [2.05, 4.69) is 10.4 Å². The maximum atomic E-state index is 9.50. The minimum atomic E-state index is -0.0842. The number of aliphatic hydroxyl groups is 1. The third-order valence-electron chi connectivity index (χ3n) is 3.92. The number of hydrogen-bond donors (Lipinski definition) is 2. The molecule has 1 heterocycles. The van der Waals surface area contributed by atoms with E-state index in [1.807, 2.05) is 47.3 Å². The molecule has 20 heavy (non-hydrogen) atoms. The molecule has 0 amide bonds. The van der Waals surface area contributed by atoms with E-state index >= 15 is 0 Å². The van der Waals surface area contributed by atoms with Crippen LogP contribution in [0.5, 0.6) is 0 Å². The van der Waals surface area contributed by atoms with Gasteiger partial charge < -0.3 is 10.4 Å². The van der Waals surface area contributed by atoms with Crippen LogP contribution in [-0.2, 0) is 6.54 Å². The lowest BCUT2D eigenvalue weighted by atomic mass is 10.1. The van der Waals surface area contributed by atoms with E-state index in [1.54, 1.807) is 0 Å². The summed E-state index contributed by atoms with van der Waals surface area (Å²) in [5, 5.41) is 17.5. The number of aliphatic hydroxyl groups excluding tert-OH is 1. The Bertz CT molecular complexity index is 538. The van der Waals surface area contributed by atoms with Gasteiger partial charge in [-0.3, -0.25) is 0 Å². The van der Waals surface area contributed by atoms with Crippen LogP contribution < -0.4 is 5.32 Å². The summed E-state index contributed by atoms with van der Waals surface area (Å²) >= 11 is 0. The molecular weight excluding hydrogens is 250 g/mol. The van der Waals surface area contributed by atoms with Crippen molar-refractivity contribution in [3.63, 3.8) is 0 Å². The molecule has 0 bridgehead atoms. The highest BCUT2D eigenvalue weighted by Gasteiger charge is 2.22. The Kier molecular flexibility index (Phi) is 4.14. The van der Waals surface area contributed by atoms with Crippen LogP contribution in [0.4, 0.5) is 0 Å². The summed E-state index contributed by atoms with van der Waals surface area (Å²) in [5.41, 5.74) is 2.13. The molecule has 4 nitrogen and oxygen atoms in total. The van der Waals surface area contributed by atoms with Crippen molar-refractivity contribution in [2.24, 2.45) is 5.92 Å². The zero-order valence-corrected chi connectivity index (χ0v) is 11.6. The Morgan fingerprint density at radius 1 is 1.20 bits per heavy atom. The van der Waals surface area contributed by atoms with Gasteiger partial charge in [-0.2, -0.15) is 5.10 Å². The van der Waals surface area contributed by atoms with Gasteiger partial charge in [0.25, 0.3) is 0 Å². The highest BCUT2D eigenvalue weighted by atomic mass is 16.3. The minimum absolute atomic E-state index is 0.0842. The zero-order chi connectivity index (χ0) is 13.8. The van der Waals surface area contributed by atoms with Gasteiger partial charge in [-0.1, -0.05) is 18.2 Å². The zero-order valence-electron chi connectivity index (χ0n) is 11.6. The Hall–Kier alpha value is -1.65. The van der Waals surface area contributed by atoms with Crippen molar-refractivity contribution in [1.29, 1.82) is 0 Å². The normalized spacial score (nSPS) is 22.2. The summed E-state index contributed by atoms with van der Waals surface area (Å²) in [7, 11) is 0. The van der Waals surface area contributed by atoms with Gasteiger partial charge in [0.05, 0.1) is 17.5 Å². The number of benzene rings is 1. The van der Waals surface area contributed by atoms with Gasteiger partial charge in [0.15, 0.2) is 0 Å². The number of nitrogens with zero attached hydrogens (tertiary/aromatic N) is 2. The van der Waals surface area contributed by atoms with E-state index < -0.39 is 0 Å². The number of hydrogen-bond acceptors (Lipinski definition) is 3. The molecule has 1 aromatic carbocycles. The van der Waals surface area contributed by atoms with Gasteiger partial charge >= 0.3 is 0 Å². The summed E-state index contributed by atoms with van der Waals surface area (Å²) in [6, 6.07) is 12.2. The van der Waals surface area contributed by atoms with Gasteiger partial charge in [0, 0.05) is 12.7 Å². The van der Waals surface area contributed by atoms with Crippen LogP contribution >= 0.6 is 0 Å². The Morgan fingerprint density at radius 3 is 2.80 bits per heavy atom. The average Bonchev–Trinajstić information content (AvgIpc) is 3.09. The lowest BCUT2D eigenvalue weighted by Crippen LogP contribution is -2.21. The van der Waals surface area contributed by atoms with Crippen LogP contribution in [0.2, 0.25) is 0 Å². The molecule has 1 aromatic heterocycles. The standard InChI is InChI=1S/C16H21N3O/c20-16-7-6-13(10-16)11-17-12-14-8-9-19(18-14)15-4-2-1-3-5-15/h1-5,8-9,13,16-17,20H,6-7,10-12H2. The molecule has 1 fully saturated rings. The molecule has 3 rings (SSSR count). The van der Waals surface area contributed by atoms with Crippen molar-refractivity contribution in [2.45, 2.75) is 31.9 Å². The van der Waals surface area contributed by atoms with Gasteiger partial charge in [-0.25, -0.2) is 4.68 Å². The van der Waals surface area contributed by atoms with Crippen molar-refractivity contribution in [3.05, 3.63) is 48.3 Å². The second-order valence-corrected chi connectivity index (χ2v) is 5.55. The summed E-state index contributed by atoms with van der Waals surface area (Å²) in [4.78, 5) is 0. The lowest BCUT2D eigenvalue weighted by Gasteiger charge is -2.09. The van der Waals surface area contributed by atoms with E-state index in [-0.39, 0.29) is 6.10 Å². The third kappa shape index (κ3) is 3.26. The van der Waals surface area contributed by atoms with Crippen LogP contribution in [0, 0.1) is 5.92 Å². The number of aromatic nitrogens is 2. The lowest BCUT2D eigenvalue weighted by molar-refractivity contribution is 0.177. The third-order valence-corrected chi connectivity index (χ3v) is 3.92. The molecule has 1 aliphatic rings. The molecule has 1 saturated carbocycles. The second kappa shape index (κ2) is 6.20. The topological polar surface area (TPSA) is 50.1 Å². The van der Waals surface area contributed by atoms with Crippen LogP contribution in [-0.4, -0.2) is 27.5 Å². The van der Waals surface area contributed by atoms with E-state index in [1.165, 1.54) is 0 Å². The molecule has 2 N–H and O–H groups in total. The first kappa shape index (κ1) is 13.3. The molecule has 2 aromatic rings. The molecule has 4 heteroatoms. The fourth-order valence-electron chi connectivity index (χ4n) is 2.82. The van der Waals surface area contributed by atoms with E-state index in [4.69, 9.17) is 0 Å². The first-order valence-corrected chi connectivity index (χ1v) is 7.30. The summed E-state index contributed by atoms with van der Waals surface area (Å²) in [6.45, 7) is 1.75. The van der Waals surface area contributed by atoms with Crippen molar-refractivity contribution >= 4 is 0 Å². The Balaban J connectivity index is 1.50. The van der Waals surface area contributed by atoms with Crippen LogP contribution in [0.3, 0.4) is 0 Å². The van der Waals surface area contributed by atoms with Crippen molar-refractivity contribution in [3.8, 4) is 5.69 Å². The summed E-state index contributed by atoms with van der Waals surface area (Å²) in [5.74, 6) is 0.612. The van der Waals surface area contributed by atoms with Gasteiger partial charge in [-0.05, 0) is 49.9 Å². The number of para-hydroxylation sites is 1. The molecule has 106 valence electrons. The largest absolute Gasteiger partial charge is 0.393 e. The Labute approximate surface area is 119 Å². The molecule has 2 unspecified atom stereocenters. The fraction of sp³-hybridized carbons (Fsp3) is 0.438. The first-order valence-electron chi connectivity index (χ1n) is 7.30. The van der Waals surface area contributed by atoms with Gasteiger partial charge in [0.1, 0.15) is 0 Å². The summed E-state index contributed by atoms with van der Waals surface area (Å²) in [6.07, 6.45) is 4.93. The van der Waals surface area contributed by atoms with Crippen molar-refractivity contribution < 1.29 is 5.11 Å². The van der Waals surface area contributed by atoms with Crippen molar-refractivity contribution in [2.75, 3.05) is 6.54 Å². The highest BCUT2D eigenvalue weighted by molar-refractivity contribution is 5.30. The van der Waals surface area contributed by atoms with Gasteiger partial charge in [0.2, 0.25) is 0 Å². The fourth-order valence-corrected chi connectivity index (χ4v) is 2.82. The molecule has 0 spiro atoms. The average molecular weight is 271 g/mol. The SMILES string of the molecule is OC1CCC(CNCc2ccn(-c3ccccc3)n2)C1. The molecule has 1 aliphatic carbocycles. The van der Waals surface area contributed by atoms with Gasteiger partial charge in [-0.15, -0.1) is 0 Å². The van der Waals surface area contributed by atoms with E-state index in [9.17, 15) is 5.11 Å². The quantitative estimate of drug-likeness (QED) is 0.876. The minimum Gasteiger partial charge on any atom is -0.393 e. The van der Waals surface area contributed by atoms with Crippen molar-refractivity contribution in [1.82, 2.24) is 15.1 Å². The molecule has 0 aliphatic heterocycles. The van der Waals surface area contributed by atoms with Crippen LogP contribution in [0.1, 0.15) is 25.0 Å².